The first-order valence-electron chi connectivity index (χ1n) is 9.27. The summed E-state index contributed by atoms with van der Waals surface area (Å²) in [6.45, 7) is 9.39. The first-order chi connectivity index (χ1) is 12.5. The van der Waals surface area contributed by atoms with E-state index in [1.165, 1.54) is 6.07 Å². The Kier molecular flexibility index (Phi) is 8.12. The second kappa shape index (κ2) is 10.3. The number of morpholine rings is 1. The topological polar surface area (TPSA) is 62.8 Å². The third-order valence-electron chi connectivity index (χ3n) is 4.18. The molecule has 0 spiro atoms. The van der Waals surface area contributed by atoms with E-state index in [1.54, 1.807) is 6.07 Å². The molecular formula is C19H30FN3O3. The van der Waals surface area contributed by atoms with Crippen molar-refractivity contribution in [2.24, 2.45) is 0 Å². The molecule has 0 aromatic heterocycles. The summed E-state index contributed by atoms with van der Waals surface area (Å²) < 4.78 is 25.4. The molecule has 146 valence electrons. The molecule has 1 saturated heterocycles. The Morgan fingerprint density at radius 1 is 1.31 bits per heavy atom. The smallest absolute Gasteiger partial charge is 0.315 e. The van der Waals surface area contributed by atoms with E-state index in [0.29, 0.717) is 38.5 Å². The van der Waals surface area contributed by atoms with Crippen LogP contribution in [0, 0.1) is 5.82 Å². The zero-order chi connectivity index (χ0) is 18.9. The lowest BCUT2D eigenvalue weighted by molar-refractivity contribution is -0.00539. The van der Waals surface area contributed by atoms with Gasteiger partial charge in [-0.15, -0.1) is 0 Å². The Labute approximate surface area is 155 Å². The number of rotatable bonds is 8. The van der Waals surface area contributed by atoms with E-state index in [9.17, 15) is 9.18 Å². The highest BCUT2D eigenvalue weighted by Gasteiger charge is 2.24. The van der Waals surface area contributed by atoms with Crippen LogP contribution in [0.5, 0.6) is 0 Å². The van der Waals surface area contributed by atoms with Gasteiger partial charge < -0.3 is 25.0 Å². The number of halogens is 1. The molecule has 1 aliphatic rings. The zero-order valence-corrected chi connectivity index (χ0v) is 15.9. The van der Waals surface area contributed by atoms with Crippen molar-refractivity contribution in [1.82, 2.24) is 10.6 Å². The quantitative estimate of drug-likeness (QED) is 0.694. The molecule has 0 aliphatic carbocycles. The molecule has 7 heteroatoms. The molecule has 2 amide bonds. The largest absolute Gasteiger partial charge is 0.382 e. The molecule has 2 N–H and O–H groups in total. The number of ether oxygens (including phenoxy) is 2. The van der Waals surface area contributed by atoms with Gasteiger partial charge in [-0.2, -0.15) is 0 Å². The number of anilines is 1. The summed E-state index contributed by atoms with van der Waals surface area (Å²) in [6.07, 6.45) is 0.915. The fourth-order valence-electron chi connectivity index (χ4n) is 3.06. The van der Waals surface area contributed by atoms with Crippen LogP contribution >= 0.6 is 0 Å². The second-order valence-electron chi connectivity index (χ2n) is 6.61. The number of carbonyl (C=O) groups is 1. The maximum Gasteiger partial charge on any atom is 0.315 e. The molecule has 2 rings (SSSR count). The van der Waals surface area contributed by atoms with Crippen molar-refractivity contribution >= 4 is 11.7 Å². The van der Waals surface area contributed by atoms with E-state index in [2.05, 4.69) is 10.6 Å². The van der Waals surface area contributed by atoms with Crippen LogP contribution in [0.2, 0.25) is 0 Å². The van der Waals surface area contributed by atoms with Gasteiger partial charge in [0, 0.05) is 39.4 Å². The Morgan fingerprint density at radius 3 is 2.69 bits per heavy atom. The Morgan fingerprint density at radius 2 is 2.04 bits per heavy atom. The van der Waals surface area contributed by atoms with Crippen molar-refractivity contribution in [1.29, 1.82) is 0 Å². The van der Waals surface area contributed by atoms with Crippen LogP contribution in [0.25, 0.3) is 0 Å². The van der Waals surface area contributed by atoms with Crippen LogP contribution in [-0.2, 0) is 16.0 Å². The molecule has 1 heterocycles. The van der Waals surface area contributed by atoms with E-state index in [-0.39, 0.29) is 30.6 Å². The molecular weight excluding hydrogens is 337 g/mol. The number of amides is 2. The average Bonchev–Trinajstić information content (AvgIpc) is 2.59. The third kappa shape index (κ3) is 6.46. The van der Waals surface area contributed by atoms with Crippen LogP contribution in [0.1, 0.15) is 32.8 Å². The average molecular weight is 367 g/mol. The number of carbonyl (C=O) groups excluding carboxylic acids is 1. The van der Waals surface area contributed by atoms with E-state index in [0.717, 1.165) is 12.0 Å². The lowest BCUT2D eigenvalue weighted by Gasteiger charge is -2.37. The first kappa shape index (κ1) is 20.5. The van der Waals surface area contributed by atoms with Crippen molar-refractivity contribution in [3.63, 3.8) is 0 Å². The number of nitrogens with one attached hydrogen (secondary N) is 2. The predicted molar refractivity (Wildman–Crippen MR) is 100.0 cm³/mol. The van der Waals surface area contributed by atoms with E-state index < -0.39 is 0 Å². The molecule has 0 radical (unpaired) electrons. The van der Waals surface area contributed by atoms with E-state index in [1.807, 2.05) is 31.7 Å². The molecule has 1 aromatic rings. The van der Waals surface area contributed by atoms with Gasteiger partial charge in [0.05, 0.1) is 17.9 Å². The predicted octanol–water partition coefficient (Wildman–Crippen LogP) is 2.67. The molecule has 1 aromatic carbocycles. The Bertz CT molecular complexity index is 575. The van der Waals surface area contributed by atoms with Crippen molar-refractivity contribution in [3.05, 3.63) is 29.6 Å². The lowest BCUT2D eigenvalue weighted by atomic mass is 10.1. The van der Waals surface area contributed by atoms with E-state index in [4.69, 9.17) is 9.47 Å². The van der Waals surface area contributed by atoms with Crippen LogP contribution in [0.4, 0.5) is 14.9 Å². The normalized spacial score (nSPS) is 20.1. The maximum absolute atomic E-state index is 14.5. The highest BCUT2D eigenvalue weighted by Crippen LogP contribution is 2.24. The van der Waals surface area contributed by atoms with Crippen molar-refractivity contribution < 1.29 is 18.7 Å². The van der Waals surface area contributed by atoms with Gasteiger partial charge in [-0.1, -0.05) is 6.07 Å². The monoisotopic (exact) mass is 367 g/mol. The molecule has 0 bridgehead atoms. The molecule has 1 aliphatic heterocycles. The number of nitrogens with zero attached hydrogens (tertiary/aromatic N) is 1. The summed E-state index contributed by atoms with van der Waals surface area (Å²) in [5.41, 5.74) is 1.31. The van der Waals surface area contributed by atoms with Gasteiger partial charge >= 0.3 is 6.03 Å². The Balaban J connectivity index is 1.80. The summed E-state index contributed by atoms with van der Waals surface area (Å²) >= 11 is 0. The van der Waals surface area contributed by atoms with Crippen molar-refractivity contribution in [2.45, 2.75) is 45.9 Å². The highest BCUT2D eigenvalue weighted by molar-refractivity contribution is 5.73. The maximum atomic E-state index is 14.5. The SMILES string of the molecule is CCOCCCNC(=O)NCc1ccc(N2CC(C)OC(C)C2)c(F)c1. The molecule has 2 atom stereocenters. The molecule has 0 saturated carbocycles. The molecule has 2 unspecified atom stereocenters. The fourth-order valence-corrected chi connectivity index (χ4v) is 3.06. The van der Waals surface area contributed by atoms with Crippen LogP contribution in [0.3, 0.4) is 0 Å². The summed E-state index contributed by atoms with van der Waals surface area (Å²) in [7, 11) is 0. The van der Waals surface area contributed by atoms with Crippen molar-refractivity contribution in [2.75, 3.05) is 37.7 Å². The number of hydrogen-bond acceptors (Lipinski definition) is 4. The Hall–Kier alpha value is -1.86. The number of hydrogen-bond donors (Lipinski definition) is 2. The van der Waals surface area contributed by atoms with Crippen LogP contribution in [-0.4, -0.2) is 51.1 Å². The minimum atomic E-state index is -0.275. The van der Waals surface area contributed by atoms with Gasteiger partial charge in [0.25, 0.3) is 0 Å². The van der Waals surface area contributed by atoms with Gasteiger partial charge in [0.2, 0.25) is 0 Å². The minimum Gasteiger partial charge on any atom is -0.382 e. The van der Waals surface area contributed by atoms with Crippen molar-refractivity contribution in [3.8, 4) is 0 Å². The van der Waals surface area contributed by atoms with Gasteiger partial charge in [-0.25, -0.2) is 9.18 Å². The number of benzene rings is 1. The van der Waals surface area contributed by atoms with Gasteiger partial charge in [0.15, 0.2) is 0 Å². The third-order valence-corrected chi connectivity index (χ3v) is 4.18. The van der Waals surface area contributed by atoms with Gasteiger partial charge in [-0.3, -0.25) is 0 Å². The standard InChI is InChI=1S/C19H30FN3O3/c1-4-25-9-5-8-21-19(24)22-11-16-6-7-18(17(20)10-16)23-12-14(2)26-15(3)13-23/h6-7,10,14-15H,4-5,8-9,11-13H2,1-3H3,(H2,21,22,24). The molecule has 26 heavy (non-hydrogen) atoms. The highest BCUT2D eigenvalue weighted by atomic mass is 19.1. The summed E-state index contributed by atoms with van der Waals surface area (Å²) in [5, 5.41) is 5.49. The number of urea groups is 1. The summed E-state index contributed by atoms with van der Waals surface area (Å²) in [6, 6.07) is 4.84. The van der Waals surface area contributed by atoms with E-state index >= 15 is 0 Å². The van der Waals surface area contributed by atoms with Crippen LogP contribution < -0.4 is 15.5 Å². The fraction of sp³-hybridized carbons (Fsp3) is 0.632. The van der Waals surface area contributed by atoms with Crippen LogP contribution in [0.15, 0.2) is 18.2 Å². The minimum absolute atomic E-state index is 0.0749. The van der Waals surface area contributed by atoms with Gasteiger partial charge in [-0.05, 0) is 44.9 Å². The van der Waals surface area contributed by atoms with Gasteiger partial charge in [0.1, 0.15) is 5.82 Å². The molecule has 6 nitrogen and oxygen atoms in total. The first-order valence-corrected chi connectivity index (χ1v) is 9.27. The second-order valence-corrected chi connectivity index (χ2v) is 6.61. The molecule has 1 fully saturated rings. The summed E-state index contributed by atoms with van der Waals surface area (Å²) in [4.78, 5) is 13.8. The lowest BCUT2D eigenvalue weighted by Crippen LogP contribution is -2.45. The summed E-state index contributed by atoms with van der Waals surface area (Å²) in [5.74, 6) is -0.275. The zero-order valence-electron chi connectivity index (χ0n) is 15.9.